The Labute approximate surface area is 253 Å². The van der Waals surface area contributed by atoms with Crippen molar-refractivity contribution in [3.63, 3.8) is 0 Å². The number of anilines is 2. The van der Waals surface area contributed by atoms with Crippen LogP contribution < -0.4 is 5.32 Å². The van der Waals surface area contributed by atoms with E-state index < -0.39 is 36.4 Å². The van der Waals surface area contributed by atoms with Gasteiger partial charge in [-0.1, -0.05) is 11.6 Å². The van der Waals surface area contributed by atoms with Crippen LogP contribution in [0.2, 0.25) is 5.15 Å². The van der Waals surface area contributed by atoms with E-state index in [0.717, 1.165) is 45.4 Å². The van der Waals surface area contributed by atoms with Gasteiger partial charge in [0.2, 0.25) is 0 Å². The first-order valence-electron chi connectivity index (χ1n) is 11.4. The van der Waals surface area contributed by atoms with E-state index >= 15 is 0 Å². The number of carboxylic acids is 3. The number of nitrogens with one attached hydrogen (secondary N) is 2. The van der Waals surface area contributed by atoms with Gasteiger partial charge in [-0.15, -0.1) is 0 Å². The Hall–Kier alpha value is -5.47. The van der Waals surface area contributed by atoms with Crippen LogP contribution in [0.3, 0.4) is 0 Å². The van der Waals surface area contributed by atoms with E-state index in [2.05, 4.69) is 25.3 Å². The zero-order valence-corrected chi connectivity index (χ0v) is 22.6. The number of rotatable bonds is 1. The molecular weight excluding hydrogens is 675 g/mol. The number of alkyl halides is 9. The molecule has 0 fully saturated rings. The van der Waals surface area contributed by atoms with Gasteiger partial charge in [-0.25, -0.2) is 29.3 Å². The standard InChI is InChI=1S/C18H11ClN6.3C2HF3O2/c19-14-4-3-10(8-22-14)17-24-15-11-5-7-20-9-13(11)23-18-12(16(15)25-17)2-1-6-21-18;3*3-2(4,5)1(6)7/h1-9H,(H,21,23)(H,24,25);3*(H,6,7). The molecule has 0 aliphatic carbocycles. The summed E-state index contributed by atoms with van der Waals surface area (Å²) in [4.78, 5) is 47.7. The number of aliphatic carboxylic acids is 3. The summed E-state index contributed by atoms with van der Waals surface area (Å²) < 4.78 is 95.2. The van der Waals surface area contributed by atoms with Crippen molar-refractivity contribution in [1.29, 1.82) is 0 Å². The number of carboxylic acid groups (broad SMARTS) is 3. The van der Waals surface area contributed by atoms with E-state index in [1.54, 1.807) is 30.9 Å². The Kier molecular flexibility index (Phi) is 11.6. The van der Waals surface area contributed by atoms with Crippen molar-refractivity contribution in [3.05, 3.63) is 60.3 Å². The monoisotopic (exact) mass is 688 g/mol. The highest BCUT2D eigenvalue weighted by molar-refractivity contribution is 6.29. The minimum atomic E-state index is -5.08. The molecule has 5 heterocycles. The van der Waals surface area contributed by atoms with Gasteiger partial charge < -0.3 is 25.6 Å². The van der Waals surface area contributed by atoms with Crippen LogP contribution in [0.15, 0.2) is 55.1 Å². The maximum Gasteiger partial charge on any atom is 0.490 e. The van der Waals surface area contributed by atoms with Gasteiger partial charge in [-0.05, 0) is 30.3 Å². The normalized spacial score (nSPS) is 11.5. The molecule has 0 amide bonds. The van der Waals surface area contributed by atoms with Crippen molar-refractivity contribution in [2.75, 3.05) is 5.32 Å². The Morgan fingerprint density at radius 1 is 0.717 bits per heavy atom. The zero-order chi connectivity index (χ0) is 35.0. The molecule has 0 aromatic carbocycles. The molecule has 0 saturated carbocycles. The molecule has 0 unspecified atom stereocenters. The van der Waals surface area contributed by atoms with Crippen LogP contribution >= 0.6 is 11.6 Å². The first-order valence-corrected chi connectivity index (χ1v) is 11.8. The van der Waals surface area contributed by atoms with E-state index in [1.165, 1.54) is 0 Å². The van der Waals surface area contributed by atoms with Gasteiger partial charge in [-0.3, -0.25) is 4.98 Å². The number of pyridine rings is 3. The second kappa shape index (κ2) is 14.5. The topological polar surface area (TPSA) is 191 Å². The molecule has 12 nitrogen and oxygen atoms in total. The van der Waals surface area contributed by atoms with E-state index in [1.807, 2.05) is 24.3 Å². The van der Waals surface area contributed by atoms with Crippen LogP contribution in [0, 0.1) is 0 Å². The van der Waals surface area contributed by atoms with Crippen LogP contribution in [-0.4, -0.2) is 76.7 Å². The van der Waals surface area contributed by atoms with Gasteiger partial charge in [-0.2, -0.15) is 39.5 Å². The molecule has 46 heavy (non-hydrogen) atoms. The molecule has 0 atom stereocenters. The Morgan fingerprint density at radius 2 is 1.26 bits per heavy atom. The number of nitrogens with zero attached hydrogens (tertiary/aromatic N) is 4. The van der Waals surface area contributed by atoms with Crippen LogP contribution in [0.1, 0.15) is 0 Å². The number of fused-ring (bicyclic) bond motifs is 5. The number of halogens is 10. The van der Waals surface area contributed by atoms with Crippen LogP contribution in [0.25, 0.3) is 33.9 Å². The lowest BCUT2D eigenvalue weighted by Crippen LogP contribution is -2.21. The second-order valence-electron chi connectivity index (χ2n) is 8.03. The third-order valence-electron chi connectivity index (χ3n) is 4.84. The first kappa shape index (κ1) is 36.7. The van der Waals surface area contributed by atoms with Crippen molar-refractivity contribution in [3.8, 4) is 33.9 Å². The second-order valence-corrected chi connectivity index (χ2v) is 8.42. The molecule has 4 aromatic rings. The Balaban J connectivity index is 0.000000289. The largest absolute Gasteiger partial charge is 0.490 e. The lowest BCUT2D eigenvalue weighted by Gasteiger charge is -2.07. The minimum absolute atomic E-state index is 0.451. The molecule has 4 aromatic heterocycles. The summed E-state index contributed by atoms with van der Waals surface area (Å²) in [6.45, 7) is 0. The van der Waals surface area contributed by atoms with Crippen molar-refractivity contribution in [1.82, 2.24) is 24.9 Å². The minimum Gasteiger partial charge on any atom is -0.475 e. The summed E-state index contributed by atoms with van der Waals surface area (Å²) in [6, 6.07) is 9.49. The van der Waals surface area contributed by atoms with Gasteiger partial charge >= 0.3 is 36.4 Å². The molecule has 22 heteroatoms. The number of aromatic nitrogens is 5. The number of carbonyl (C=O) groups is 3. The lowest BCUT2D eigenvalue weighted by atomic mass is 10.1. The van der Waals surface area contributed by atoms with Gasteiger partial charge in [0.25, 0.3) is 0 Å². The van der Waals surface area contributed by atoms with Crippen LogP contribution in [0.5, 0.6) is 0 Å². The maximum atomic E-state index is 10.6. The average molecular weight is 689 g/mol. The Morgan fingerprint density at radius 3 is 1.74 bits per heavy atom. The molecule has 0 spiro atoms. The summed E-state index contributed by atoms with van der Waals surface area (Å²) in [5.41, 5.74) is 5.42. The highest BCUT2D eigenvalue weighted by Crippen LogP contribution is 2.42. The first-order chi connectivity index (χ1) is 21.1. The predicted molar refractivity (Wildman–Crippen MR) is 138 cm³/mol. The van der Waals surface area contributed by atoms with E-state index in [4.69, 9.17) is 46.3 Å². The number of hydrogen-bond donors (Lipinski definition) is 5. The summed E-state index contributed by atoms with van der Waals surface area (Å²) >= 11 is 5.89. The van der Waals surface area contributed by atoms with Crippen LogP contribution in [-0.2, 0) is 14.4 Å². The molecule has 1 aliphatic heterocycles. The molecule has 0 saturated heterocycles. The molecule has 0 bridgehead atoms. The van der Waals surface area contributed by atoms with Gasteiger partial charge in [0, 0.05) is 35.3 Å². The molecule has 0 radical (unpaired) electrons. The molecule has 246 valence electrons. The maximum absolute atomic E-state index is 10.6. The molecule has 5 rings (SSSR count). The number of imidazole rings is 1. The number of aromatic amines is 1. The van der Waals surface area contributed by atoms with Gasteiger partial charge in [0.1, 0.15) is 22.5 Å². The summed E-state index contributed by atoms with van der Waals surface area (Å²) in [5.74, 6) is -6.79. The summed E-state index contributed by atoms with van der Waals surface area (Å²) in [7, 11) is 0. The highest BCUT2D eigenvalue weighted by Gasteiger charge is 2.39. The third kappa shape index (κ3) is 10.3. The van der Waals surface area contributed by atoms with Gasteiger partial charge in [0.15, 0.2) is 0 Å². The molecule has 5 N–H and O–H groups in total. The fourth-order valence-corrected chi connectivity index (χ4v) is 3.06. The van der Waals surface area contributed by atoms with Crippen molar-refractivity contribution in [2.45, 2.75) is 18.5 Å². The molecular formula is C24H14ClF9N6O6. The zero-order valence-electron chi connectivity index (χ0n) is 21.8. The SMILES string of the molecule is Clc1ccc(-c2nc3c([nH]2)-c2ccncc2Nc2ncccc2-3)cn1.O=C(O)C(F)(F)F.O=C(O)C(F)(F)F.O=C(O)C(F)(F)F. The van der Waals surface area contributed by atoms with Crippen LogP contribution in [0.4, 0.5) is 51.0 Å². The average Bonchev–Trinajstić information content (AvgIpc) is 3.33. The summed E-state index contributed by atoms with van der Waals surface area (Å²) in [6.07, 6.45) is -8.24. The quantitative estimate of drug-likeness (QED) is 0.0994. The van der Waals surface area contributed by atoms with Crippen molar-refractivity contribution < 1.29 is 69.2 Å². The smallest absolute Gasteiger partial charge is 0.475 e. The highest BCUT2D eigenvalue weighted by atomic mass is 35.5. The number of hydrogen-bond acceptors (Lipinski definition) is 8. The van der Waals surface area contributed by atoms with Crippen molar-refractivity contribution in [2.24, 2.45) is 0 Å². The third-order valence-corrected chi connectivity index (χ3v) is 5.06. The van der Waals surface area contributed by atoms with E-state index in [9.17, 15) is 39.5 Å². The van der Waals surface area contributed by atoms with E-state index in [-0.39, 0.29) is 0 Å². The summed E-state index contributed by atoms with van der Waals surface area (Å²) in [5, 5.41) is 25.2. The van der Waals surface area contributed by atoms with Crippen molar-refractivity contribution >= 4 is 41.0 Å². The predicted octanol–water partition coefficient (Wildman–Crippen LogP) is 6.21. The molecule has 1 aliphatic rings. The lowest BCUT2D eigenvalue weighted by molar-refractivity contribution is -0.193. The Bertz CT molecular complexity index is 1570. The van der Waals surface area contributed by atoms with E-state index in [0.29, 0.717) is 5.15 Å². The fourth-order valence-electron chi connectivity index (χ4n) is 2.95. The van der Waals surface area contributed by atoms with Gasteiger partial charge in [0.05, 0.1) is 17.6 Å². The fraction of sp³-hybridized carbons (Fsp3) is 0.125. The number of H-pyrrole nitrogens is 1.